The molecule has 190 valence electrons. The number of halogens is 1. The number of hydrogen-bond acceptors (Lipinski definition) is 6. The van der Waals surface area contributed by atoms with Gasteiger partial charge in [-0.3, -0.25) is 19.4 Å². The van der Waals surface area contributed by atoms with Crippen LogP contribution in [0.1, 0.15) is 44.4 Å². The summed E-state index contributed by atoms with van der Waals surface area (Å²) in [6.07, 6.45) is 3.41. The highest BCUT2D eigenvalue weighted by Gasteiger charge is 2.50. The fourth-order valence-electron chi connectivity index (χ4n) is 5.30. The molecule has 2 aliphatic rings. The fourth-order valence-corrected chi connectivity index (χ4v) is 5.57. The average molecular weight is 509 g/mol. The maximum absolute atomic E-state index is 12.9. The predicted octanol–water partition coefficient (Wildman–Crippen LogP) is 3.68. The van der Waals surface area contributed by atoms with Crippen LogP contribution in [0.4, 0.5) is 0 Å². The molecule has 2 amide bonds. The van der Waals surface area contributed by atoms with Gasteiger partial charge in [-0.1, -0.05) is 32.4 Å². The molecule has 4 heterocycles. The van der Waals surface area contributed by atoms with Gasteiger partial charge >= 0.3 is 0 Å². The van der Waals surface area contributed by atoms with Crippen molar-refractivity contribution >= 4 is 28.9 Å². The first kappa shape index (κ1) is 24.9. The van der Waals surface area contributed by atoms with Crippen molar-refractivity contribution in [3.8, 4) is 11.3 Å². The molecule has 0 bridgehead atoms. The summed E-state index contributed by atoms with van der Waals surface area (Å²) in [6.45, 7) is 13.7. The Kier molecular flexibility index (Phi) is 6.39. The van der Waals surface area contributed by atoms with E-state index in [0.29, 0.717) is 11.1 Å². The van der Waals surface area contributed by atoms with Gasteiger partial charge in [-0.15, -0.1) is 0 Å². The van der Waals surface area contributed by atoms with Crippen LogP contribution < -0.4 is 5.32 Å². The van der Waals surface area contributed by atoms with Crippen LogP contribution in [0, 0.1) is 18.3 Å². The number of carbonyl (C=O) groups is 2. The molecule has 0 aliphatic carbocycles. The van der Waals surface area contributed by atoms with Gasteiger partial charge < -0.3 is 5.32 Å². The summed E-state index contributed by atoms with van der Waals surface area (Å²) < 4.78 is 1.77. The highest BCUT2D eigenvalue weighted by molar-refractivity contribution is 6.31. The number of aromatic nitrogens is 3. The molecule has 2 atom stereocenters. The van der Waals surface area contributed by atoms with E-state index in [1.54, 1.807) is 4.52 Å². The Labute approximate surface area is 216 Å². The Morgan fingerprint density at radius 1 is 1.17 bits per heavy atom. The number of nitrogens with one attached hydrogen (secondary N) is 1. The molecule has 3 aromatic rings. The van der Waals surface area contributed by atoms with Gasteiger partial charge in [0.2, 0.25) is 11.8 Å². The lowest BCUT2D eigenvalue weighted by Crippen LogP contribution is -2.49. The Balaban J connectivity index is 1.54. The smallest absolute Gasteiger partial charge is 0.235 e. The van der Waals surface area contributed by atoms with Crippen LogP contribution in [0.2, 0.25) is 5.02 Å². The number of rotatable bonds is 5. The van der Waals surface area contributed by atoms with Crippen molar-refractivity contribution in [2.24, 2.45) is 11.3 Å². The Morgan fingerprint density at radius 3 is 2.64 bits per heavy atom. The van der Waals surface area contributed by atoms with Crippen LogP contribution in [-0.2, 0) is 22.7 Å². The minimum absolute atomic E-state index is 0.135. The minimum atomic E-state index is -0.699. The van der Waals surface area contributed by atoms with Gasteiger partial charge in [-0.05, 0) is 48.7 Å². The van der Waals surface area contributed by atoms with Crippen molar-refractivity contribution < 1.29 is 9.59 Å². The highest BCUT2D eigenvalue weighted by Crippen LogP contribution is 2.38. The molecule has 0 saturated carbocycles. The van der Waals surface area contributed by atoms with E-state index < -0.39 is 5.41 Å². The fraction of sp³-hybridized carbons (Fsp3) is 0.481. The Hall–Kier alpha value is -2.81. The molecular weight excluding hydrogens is 476 g/mol. The lowest BCUT2D eigenvalue weighted by atomic mass is 9.82. The number of fused-ring (bicyclic) bond motifs is 1. The van der Waals surface area contributed by atoms with Crippen LogP contribution in [0.15, 0.2) is 30.7 Å². The number of hydrogen-bond donors (Lipinski definition) is 1. The maximum atomic E-state index is 12.9. The number of likely N-dealkylation sites (tertiary alicyclic amines) is 1. The lowest BCUT2D eigenvalue weighted by molar-refractivity contribution is -0.141. The molecule has 9 heteroatoms. The van der Waals surface area contributed by atoms with Gasteiger partial charge in [-0.25, -0.2) is 9.50 Å². The van der Waals surface area contributed by atoms with Gasteiger partial charge in [0.1, 0.15) is 6.33 Å². The normalized spacial score (nSPS) is 22.7. The van der Waals surface area contributed by atoms with E-state index in [2.05, 4.69) is 34.1 Å². The standard InChI is InChI=1S/C27H33ClN6O2/c1-16-8-20(28)10-21(22(16)14-32-7-6-29-11-17(32)2)24-23-9-19(13-34(23)31-15-30-24)12-33-25(35)18(3)27(4,5)26(33)36/h8-10,13,15,17-18,29H,6-7,11-12,14H2,1-5H3. The van der Waals surface area contributed by atoms with Crippen LogP contribution in [0.5, 0.6) is 0 Å². The molecule has 2 aliphatic heterocycles. The summed E-state index contributed by atoms with van der Waals surface area (Å²) in [7, 11) is 0. The Morgan fingerprint density at radius 2 is 1.94 bits per heavy atom. The number of aryl methyl sites for hydroxylation is 1. The first-order valence-corrected chi connectivity index (χ1v) is 12.9. The number of piperazine rings is 1. The van der Waals surface area contributed by atoms with Gasteiger partial charge in [0.15, 0.2) is 0 Å². The SMILES string of the molecule is Cc1cc(Cl)cc(-c2ncnn3cc(CN4C(=O)C(C)C(C)(C)C4=O)cc23)c1CN1CCNCC1C. The second kappa shape index (κ2) is 9.25. The highest BCUT2D eigenvalue weighted by atomic mass is 35.5. The summed E-state index contributed by atoms with van der Waals surface area (Å²) in [5.41, 5.74) is 5.02. The number of imide groups is 1. The number of carbonyl (C=O) groups excluding carboxylic acids is 2. The van der Waals surface area contributed by atoms with Crippen molar-refractivity contribution in [2.45, 2.75) is 53.8 Å². The average Bonchev–Trinajstić information content (AvgIpc) is 3.31. The lowest BCUT2D eigenvalue weighted by Gasteiger charge is -2.34. The number of amides is 2. The molecule has 2 saturated heterocycles. The third kappa shape index (κ3) is 4.21. The van der Waals surface area contributed by atoms with Crippen LogP contribution >= 0.6 is 11.6 Å². The van der Waals surface area contributed by atoms with Crippen LogP contribution in [0.25, 0.3) is 16.8 Å². The molecule has 36 heavy (non-hydrogen) atoms. The van der Waals surface area contributed by atoms with Gasteiger partial charge in [0.25, 0.3) is 0 Å². The molecular formula is C27H33ClN6O2. The third-order valence-electron chi connectivity index (χ3n) is 8.01. The summed E-state index contributed by atoms with van der Waals surface area (Å²) >= 11 is 6.53. The number of benzene rings is 1. The topological polar surface area (TPSA) is 82.8 Å². The summed E-state index contributed by atoms with van der Waals surface area (Å²) in [5.74, 6) is -0.620. The van der Waals surface area contributed by atoms with E-state index in [-0.39, 0.29) is 24.3 Å². The summed E-state index contributed by atoms with van der Waals surface area (Å²) in [6, 6.07) is 6.38. The Bertz CT molecular complexity index is 1350. The zero-order valence-electron chi connectivity index (χ0n) is 21.5. The molecule has 0 radical (unpaired) electrons. The van der Waals surface area contributed by atoms with Crippen LogP contribution in [0.3, 0.4) is 0 Å². The minimum Gasteiger partial charge on any atom is -0.314 e. The molecule has 2 aromatic heterocycles. The van der Waals surface area contributed by atoms with Crippen molar-refractivity contribution in [3.63, 3.8) is 0 Å². The molecule has 5 rings (SSSR count). The second-order valence-electron chi connectivity index (χ2n) is 10.7. The zero-order chi connectivity index (χ0) is 25.8. The van der Waals surface area contributed by atoms with E-state index in [0.717, 1.165) is 54.1 Å². The maximum Gasteiger partial charge on any atom is 0.235 e. The molecule has 2 unspecified atom stereocenters. The van der Waals surface area contributed by atoms with Crippen molar-refractivity contribution in [1.29, 1.82) is 0 Å². The first-order chi connectivity index (χ1) is 17.1. The van der Waals surface area contributed by atoms with Crippen LogP contribution in [-0.4, -0.2) is 61.9 Å². The van der Waals surface area contributed by atoms with Crippen molar-refractivity contribution in [1.82, 2.24) is 29.7 Å². The predicted molar refractivity (Wildman–Crippen MR) is 139 cm³/mol. The van der Waals surface area contributed by atoms with E-state index in [4.69, 9.17) is 11.6 Å². The van der Waals surface area contributed by atoms with Crippen molar-refractivity contribution in [3.05, 3.63) is 52.4 Å². The summed E-state index contributed by atoms with van der Waals surface area (Å²) in [5, 5.41) is 8.52. The second-order valence-corrected chi connectivity index (χ2v) is 11.2. The summed E-state index contributed by atoms with van der Waals surface area (Å²) in [4.78, 5) is 34.3. The van der Waals surface area contributed by atoms with Gasteiger partial charge in [-0.2, -0.15) is 5.10 Å². The third-order valence-corrected chi connectivity index (χ3v) is 8.23. The van der Waals surface area contributed by atoms with E-state index in [1.165, 1.54) is 16.8 Å². The quantitative estimate of drug-likeness (QED) is 0.529. The first-order valence-electron chi connectivity index (χ1n) is 12.5. The van der Waals surface area contributed by atoms with E-state index in [1.807, 2.05) is 45.2 Å². The molecule has 2 fully saturated rings. The molecule has 1 aromatic carbocycles. The largest absolute Gasteiger partial charge is 0.314 e. The molecule has 1 N–H and O–H groups in total. The van der Waals surface area contributed by atoms with E-state index in [9.17, 15) is 9.59 Å². The zero-order valence-corrected chi connectivity index (χ0v) is 22.3. The number of nitrogens with zero attached hydrogens (tertiary/aromatic N) is 5. The molecule has 0 spiro atoms. The van der Waals surface area contributed by atoms with E-state index >= 15 is 0 Å². The monoisotopic (exact) mass is 508 g/mol. The van der Waals surface area contributed by atoms with Gasteiger partial charge in [0.05, 0.1) is 23.2 Å². The van der Waals surface area contributed by atoms with Gasteiger partial charge in [0, 0.05) is 54.9 Å². The molecule has 8 nitrogen and oxygen atoms in total. The van der Waals surface area contributed by atoms with Crippen molar-refractivity contribution in [2.75, 3.05) is 19.6 Å².